The summed E-state index contributed by atoms with van der Waals surface area (Å²) in [5.74, 6) is -0.125. The Bertz CT molecular complexity index is 467. The third-order valence-electron chi connectivity index (χ3n) is 4.86. The summed E-state index contributed by atoms with van der Waals surface area (Å²) in [6.45, 7) is 0. The smallest absolute Gasteiger partial charge is 0.129 e. The Labute approximate surface area is 121 Å². The van der Waals surface area contributed by atoms with Gasteiger partial charge in [-0.05, 0) is 56.8 Å². The van der Waals surface area contributed by atoms with Gasteiger partial charge in [-0.1, -0.05) is 15.9 Å². The highest BCUT2D eigenvalue weighted by Crippen LogP contribution is 2.43. The van der Waals surface area contributed by atoms with Crippen LogP contribution in [0.4, 0.5) is 4.39 Å². The number of hydrogen-bond acceptors (Lipinski definition) is 2. The molecule has 1 aromatic carbocycles. The van der Waals surface area contributed by atoms with Gasteiger partial charge in [-0.3, -0.25) is 0 Å². The van der Waals surface area contributed by atoms with Gasteiger partial charge >= 0.3 is 0 Å². The van der Waals surface area contributed by atoms with Crippen molar-refractivity contribution in [3.63, 3.8) is 0 Å². The molecule has 3 rings (SSSR count). The van der Waals surface area contributed by atoms with Gasteiger partial charge in [-0.15, -0.1) is 0 Å². The molecule has 2 saturated heterocycles. The lowest BCUT2D eigenvalue weighted by molar-refractivity contribution is 0.0337. The molecule has 0 amide bonds. The first-order valence-electron chi connectivity index (χ1n) is 6.91. The summed E-state index contributed by atoms with van der Waals surface area (Å²) in [5.41, 5.74) is 0.434. The van der Waals surface area contributed by atoms with Gasteiger partial charge in [0.1, 0.15) is 5.82 Å². The second-order valence-corrected chi connectivity index (χ2v) is 6.81. The summed E-state index contributed by atoms with van der Waals surface area (Å²) >= 11 is 3.35. The average molecular weight is 328 g/mol. The summed E-state index contributed by atoms with van der Waals surface area (Å²) in [5, 5.41) is 10.5. The number of nitrogens with zero attached hydrogens (tertiary/aromatic N) is 1. The van der Waals surface area contributed by atoms with E-state index in [1.165, 1.54) is 18.9 Å². The second kappa shape index (κ2) is 5.15. The molecule has 4 heteroatoms. The Morgan fingerprint density at radius 2 is 1.95 bits per heavy atom. The Balaban J connectivity index is 1.81. The minimum Gasteiger partial charge on any atom is -0.388 e. The van der Waals surface area contributed by atoms with Crippen molar-refractivity contribution >= 4 is 15.9 Å². The van der Waals surface area contributed by atoms with Gasteiger partial charge in [0.05, 0.1) is 6.10 Å². The highest BCUT2D eigenvalue weighted by atomic mass is 79.9. The minimum absolute atomic E-state index is 0.178. The summed E-state index contributed by atoms with van der Waals surface area (Å²) in [6.07, 6.45) is 3.69. The maximum absolute atomic E-state index is 13.9. The normalized spacial score (nSPS) is 32.5. The highest BCUT2D eigenvalue weighted by molar-refractivity contribution is 9.10. The molecule has 2 nitrogen and oxygen atoms in total. The quantitative estimate of drug-likeness (QED) is 0.898. The van der Waals surface area contributed by atoms with Crippen LogP contribution in [0.5, 0.6) is 0 Å². The molecule has 0 spiro atoms. The van der Waals surface area contributed by atoms with Crippen molar-refractivity contribution in [2.45, 2.75) is 43.9 Å². The molecule has 2 aliphatic rings. The third-order valence-corrected chi connectivity index (χ3v) is 5.35. The SMILES string of the molecule is CN1C2CCC1CC(C(O)c1cc(Br)ccc1F)C2. The molecule has 19 heavy (non-hydrogen) atoms. The number of aliphatic hydroxyl groups is 1. The van der Waals surface area contributed by atoms with Crippen LogP contribution in [0, 0.1) is 11.7 Å². The molecule has 3 unspecified atom stereocenters. The van der Waals surface area contributed by atoms with Gasteiger partial charge < -0.3 is 10.0 Å². The van der Waals surface area contributed by atoms with Gasteiger partial charge in [-0.25, -0.2) is 4.39 Å². The lowest BCUT2D eigenvalue weighted by Crippen LogP contribution is -2.41. The zero-order valence-electron chi connectivity index (χ0n) is 11.0. The van der Waals surface area contributed by atoms with Crippen LogP contribution < -0.4 is 0 Å². The Hall–Kier alpha value is -0.450. The van der Waals surface area contributed by atoms with Crippen molar-refractivity contribution in [1.82, 2.24) is 4.90 Å². The number of fused-ring (bicyclic) bond motifs is 2. The summed E-state index contributed by atoms with van der Waals surface area (Å²) in [7, 11) is 2.17. The Morgan fingerprint density at radius 3 is 2.58 bits per heavy atom. The lowest BCUT2D eigenvalue weighted by Gasteiger charge is -2.38. The van der Waals surface area contributed by atoms with Crippen LogP contribution in [0.1, 0.15) is 37.4 Å². The first-order valence-corrected chi connectivity index (χ1v) is 7.70. The number of hydrogen-bond donors (Lipinski definition) is 1. The van der Waals surface area contributed by atoms with Gasteiger partial charge in [0.2, 0.25) is 0 Å². The Morgan fingerprint density at radius 1 is 1.32 bits per heavy atom. The fourth-order valence-corrected chi connectivity index (χ4v) is 4.09. The molecule has 2 aliphatic heterocycles. The van der Waals surface area contributed by atoms with Crippen molar-refractivity contribution in [2.75, 3.05) is 7.05 Å². The van der Waals surface area contributed by atoms with E-state index in [2.05, 4.69) is 27.9 Å². The van der Waals surface area contributed by atoms with E-state index in [1.54, 1.807) is 12.1 Å². The lowest BCUT2D eigenvalue weighted by atomic mass is 9.83. The maximum atomic E-state index is 13.9. The molecule has 1 aromatic rings. The number of rotatable bonds is 2. The summed E-state index contributed by atoms with van der Waals surface area (Å²) < 4.78 is 14.7. The summed E-state index contributed by atoms with van der Waals surface area (Å²) in [6, 6.07) is 5.93. The van der Waals surface area contributed by atoms with Gasteiger partial charge in [0.25, 0.3) is 0 Å². The first-order chi connectivity index (χ1) is 9.06. The number of piperidine rings is 1. The second-order valence-electron chi connectivity index (χ2n) is 5.89. The van der Waals surface area contributed by atoms with E-state index in [4.69, 9.17) is 0 Å². The first kappa shape index (κ1) is 13.5. The van der Waals surface area contributed by atoms with Gasteiger partial charge in [-0.2, -0.15) is 0 Å². The van der Waals surface area contributed by atoms with Crippen LogP contribution in [-0.2, 0) is 0 Å². The van der Waals surface area contributed by atoms with Crippen molar-refractivity contribution < 1.29 is 9.50 Å². The van der Waals surface area contributed by atoms with Crippen LogP contribution in [0.15, 0.2) is 22.7 Å². The van der Waals surface area contributed by atoms with Crippen molar-refractivity contribution in [3.05, 3.63) is 34.1 Å². The highest BCUT2D eigenvalue weighted by Gasteiger charge is 2.41. The molecule has 0 radical (unpaired) electrons. The van der Waals surface area contributed by atoms with Crippen LogP contribution >= 0.6 is 15.9 Å². The van der Waals surface area contributed by atoms with Gasteiger partial charge in [0, 0.05) is 22.1 Å². The van der Waals surface area contributed by atoms with E-state index in [0.29, 0.717) is 17.6 Å². The molecule has 0 aliphatic carbocycles. The molecular formula is C15H19BrFNO. The number of aliphatic hydroxyl groups excluding tert-OH is 1. The molecule has 2 fully saturated rings. The van der Waals surface area contributed by atoms with Crippen molar-refractivity contribution in [2.24, 2.45) is 5.92 Å². The fraction of sp³-hybridized carbons (Fsp3) is 0.600. The van der Waals surface area contributed by atoms with E-state index < -0.39 is 6.10 Å². The standard InChI is InChI=1S/C15H19BrFNO/c1-18-11-3-4-12(18)7-9(6-11)15(19)13-8-10(16)2-5-14(13)17/h2,5,8-9,11-12,15,19H,3-4,6-7H2,1H3. The van der Waals surface area contributed by atoms with Gasteiger partial charge in [0.15, 0.2) is 0 Å². The molecular weight excluding hydrogens is 309 g/mol. The monoisotopic (exact) mass is 327 g/mol. The zero-order valence-corrected chi connectivity index (χ0v) is 12.6. The largest absolute Gasteiger partial charge is 0.388 e. The minimum atomic E-state index is -0.686. The zero-order chi connectivity index (χ0) is 13.6. The fourth-order valence-electron chi connectivity index (χ4n) is 3.71. The molecule has 3 atom stereocenters. The van der Waals surface area contributed by atoms with E-state index in [1.807, 2.05) is 0 Å². The van der Waals surface area contributed by atoms with Crippen LogP contribution in [0.25, 0.3) is 0 Å². The maximum Gasteiger partial charge on any atom is 0.129 e. The number of halogens is 2. The molecule has 104 valence electrons. The van der Waals surface area contributed by atoms with E-state index in [0.717, 1.165) is 17.3 Å². The molecule has 2 bridgehead atoms. The van der Waals surface area contributed by atoms with E-state index in [9.17, 15) is 9.50 Å². The molecule has 2 heterocycles. The van der Waals surface area contributed by atoms with Crippen LogP contribution in [0.2, 0.25) is 0 Å². The molecule has 0 aromatic heterocycles. The van der Waals surface area contributed by atoms with Crippen molar-refractivity contribution in [3.8, 4) is 0 Å². The van der Waals surface area contributed by atoms with Crippen LogP contribution in [0.3, 0.4) is 0 Å². The molecule has 0 saturated carbocycles. The Kier molecular flexibility index (Phi) is 3.67. The predicted molar refractivity (Wildman–Crippen MR) is 76.4 cm³/mol. The average Bonchev–Trinajstić information content (AvgIpc) is 2.64. The van der Waals surface area contributed by atoms with Crippen LogP contribution in [-0.4, -0.2) is 29.1 Å². The van der Waals surface area contributed by atoms with Crippen molar-refractivity contribution in [1.29, 1.82) is 0 Å². The third kappa shape index (κ3) is 2.46. The van der Waals surface area contributed by atoms with E-state index in [-0.39, 0.29) is 11.7 Å². The molecule has 1 N–H and O–H groups in total. The summed E-state index contributed by atoms with van der Waals surface area (Å²) in [4.78, 5) is 2.43. The van der Waals surface area contributed by atoms with E-state index >= 15 is 0 Å². The predicted octanol–water partition coefficient (Wildman–Crippen LogP) is 3.49. The number of benzene rings is 1. The topological polar surface area (TPSA) is 23.5 Å².